The van der Waals surface area contributed by atoms with E-state index in [2.05, 4.69) is 184 Å². The summed E-state index contributed by atoms with van der Waals surface area (Å²) in [5.74, 6) is -0.649. The number of esters is 2. The highest BCUT2D eigenvalue weighted by atomic mass is 16.6. The van der Waals surface area contributed by atoms with Crippen molar-refractivity contribution in [3.8, 4) is 0 Å². The summed E-state index contributed by atoms with van der Waals surface area (Å²) >= 11 is 0. The Kier molecular flexibility index (Phi) is 58.5. The number of carbonyl (C=O) groups is 2. The smallest absolute Gasteiger partial charge is 0.306 e. The molecule has 74 heavy (non-hydrogen) atoms. The lowest BCUT2D eigenvalue weighted by molar-refractivity contribution is -0.161. The Hall–Kier alpha value is -4.74. The summed E-state index contributed by atoms with van der Waals surface area (Å²) in [5.41, 5.74) is 0. The molecule has 0 aliphatic carbocycles. The standard InChI is InChI=1S/C69H108O5/c1-3-5-7-9-11-13-15-17-19-21-23-25-27-28-29-30-31-32-33-34-35-36-37-38-39-40-42-44-46-48-50-52-54-56-58-60-62-64-69(72)74-67(65-70)66-73-68(71)63-61-59-57-55-53-51-49-47-45-43-41-26-24-22-20-18-16-14-12-10-8-6-4-2/h5,7,11,13,16-19,22-25,28-29,31-32,34-35,37-38,40-43,46,48,52,54,67,70H,3-4,6,8-10,12,14-15,20-21,26-27,30,33,36,39,44-45,47,49-51,53,55-66H2,1-2H3/b7-5-,13-11-,18-16-,19-17-,24-22-,25-23-,29-28-,32-31-,35-34-,38-37-,42-40-,43-41-,48-46-,54-52-. The largest absolute Gasteiger partial charge is 0.462 e. The van der Waals surface area contributed by atoms with Crippen LogP contribution in [-0.2, 0) is 19.1 Å². The highest BCUT2D eigenvalue weighted by molar-refractivity contribution is 5.70. The van der Waals surface area contributed by atoms with Gasteiger partial charge >= 0.3 is 11.9 Å². The topological polar surface area (TPSA) is 72.8 Å². The molecule has 1 atom stereocenters. The summed E-state index contributed by atoms with van der Waals surface area (Å²) in [6.07, 6.45) is 97.5. The van der Waals surface area contributed by atoms with Crippen LogP contribution in [0.15, 0.2) is 170 Å². The van der Waals surface area contributed by atoms with E-state index >= 15 is 0 Å². The minimum absolute atomic E-state index is 0.0947. The number of hydrogen-bond donors (Lipinski definition) is 1. The Morgan fingerprint density at radius 2 is 0.581 bits per heavy atom. The lowest BCUT2D eigenvalue weighted by Crippen LogP contribution is -2.28. The van der Waals surface area contributed by atoms with Crippen molar-refractivity contribution in [2.45, 2.75) is 238 Å². The van der Waals surface area contributed by atoms with Gasteiger partial charge in [-0.15, -0.1) is 0 Å². The summed E-state index contributed by atoms with van der Waals surface area (Å²) in [7, 11) is 0. The normalized spacial score (nSPS) is 13.5. The number of hydrogen-bond acceptors (Lipinski definition) is 5. The van der Waals surface area contributed by atoms with E-state index in [1.165, 1.54) is 70.6 Å². The summed E-state index contributed by atoms with van der Waals surface area (Å²) < 4.78 is 10.7. The molecule has 0 aliphatic rings. The van der Waals surface area contributed by atoms with E-state index < -0.39 is 6.10 Å². The second-order valence-corrected chi connectivity index (χ2v) is 19.0. The van der Waals surface area contributed by atoms with Crippen molar-refractivity contribution in [3.63, 3.8) is 0 Å². The van der Waals surface area contributed by atoms with Crippen LogP contribution in [0.5, 0.6) is 0 Å². The van der Waals surface area contributed by atoms with Gasteiger partial charge in [0.2, 0.25) is 0 Å². The number of aliphatic hydroxyl groups is 1. The first-order chi connectivity index (χ1) is 36.6. The number of ether oxygens (including phenoxy) is 2. The molecule has 0 heterocycles. The van der Waals surface area contributed by atoms with Crippen molar-refractivity contribution >= 4 is 11.9 Å². The molecule has 0 amide bonds. The van der Waals surface area contributed by atoms with Crippen LogP contribution in [0.2, 0.25) is 0 Å². The molecule has 0 saturated carbocycles. The maximum absolute atomic E-state index is 12.3. The second-order valence-electron chi connectivity index (χ2n) is 19.0. The van der Waals surface area contributed by atoms with E-state index in [0.29, 0.717) is 12.8 Å². The summed E-state index contributed by atoms with van der Waals surface area (Å²) in [5, 5.41) is 9.66. The first kappa shape index (κ1) is 69.3. The van der Waals surface area contributed by atoms with Gasteiger partial charge in [0.1, 0.15) is 6.61 Å². The lowest BCUT2D eigenvalue weighted by atomic mass is 10.1. The Morgan fingerprint density at radius 3 is 0.892 bits per heavy atom. The molecular formula is C69H108O5. The maximum atomic E-state index is 12.3. The van der Waals surface area contributed by atoms with E-state index in [-0.39, 0.29) is 25.2 Å². The fourth-order valence-electron chi connectivity index (χ4n) is 7.57. The molecule has 0 aromatic rings. The van der Waals surface area contributed by atoms with Crippen molar-refractivity contribution in [3.05, 3.63) is 170 Å². The van der Waals surface area contributed by atoms with Crippen molar-refractivity contribution < 1.29 is 24.2 Å². The van der Waals surface area contributed by atoms with E-state index in [9.17, 15) is 14.7 Å². The monoisotopic (exact) mass is 1020 g/mol. The fraction of sp³-hybridized carbons (Fsp3) is 0.565. The van der Waals surface area contributed by atoms with Gasteiger partial charge in [0, 0.05) is 12.8 Å². The number of carbonyl (C=O) groups excluding carboxylic acids is 2. The molecule has 0 saturated heterocycles. The first-order valence-corrected chi connectivity index (χ1v) is 29.7. The summed E-state index contributed by atoms with van der Waals surface area (Å²) in [6, 6.07) is 0. The molecule has 0 radical (unpaired) electrons. The summed E-state index contributed by atoms with van der Waals surface area (Å²) in [4.78, 5) is 24.5. The fourth-order valence-corrected chi connectivity index (χ4v) is 7.57. The third-order valence-corrected chi connectivity index (χ3v) is 12.0. The van der Waals surface area contributed by atoms with Gasteiger partial charge in [-0.25, -0.2) is 0 Å². The molecule has 1 unspecified atom stereocenters. The van der Waals surface area contributed by atoms with Crippen LogP contribution in [0, 0.1) is 0 Å². The molecule has 0 aliphatic heterocycles. The van der Waals surface area contributed by atoms with Gasteiger partial charge in [-0.3, -0.25) is 9.59 Å². The first-order valence-electron chi connectivity index (χ1n) is 29.7. The SMILES string of the molecule is CC/C=C\C/C=C\C/C=C\C/C=C\C/C=C\C/C=C\C/C=C\C/C=C\C/C=C\C/C=C\C/C=C\CCCCCC(=O)OC(CO)COC(=O)CCCCCCCCCC/C=C\C/C=C\C/C=C\CCCCCCC. The van der Waals surface area contributed by atoms with Crippen molar-refractivity contribution in [2.75, 3.05) is 13.2 Å². The van der Waals surface area contributed by atoms with E-state index in [1.54, 1.807) is 0 Å². The third kappa shape index (κ3) is 59.8. The quantitative estimate of drug-likeness (QED) is 0.0373. The molecule has 0 fully saturated rings. The molecule has 0 rings (SSSR count). The lowest BCUT2D eigenvalue weighted by Gasteiger charge is -2.15. The average Bonchev–Trinajstić information content (AvgIpc) is 3.40. The van der Waals surface area contributed by atoms with Crippen LogP contribution in [0.3, 0.4) is 0 Å². The number of rotatable bonds is 52. The van der Waals surface area contributed by atoms with Gasteiger partial charge in [-0.2, -0.15) is 0 Å². The molecule has 414 valence electrons. The summed E-state index contributed by atoms with van der Waals surface area (Å²) in [6.45, 7) is 3.97. The zero-order valence-corrected chi connectivity index (χ0v) is 47.3. The van der Waals surface area contributed by atoms with Gasteiger partial charge in [0.25, 0.3) is 0 Å². The maximum Gasteiger partial charge on any atom is 0.306 e. The Bertz CT molecular complexity index is 1670. The Balaban J connectivity index is 3.69. The number of aliphatic hydroxyl groups excluding tert-OH is 1. The molecule has 0 aromatic heterocycles. The van der Waals surface area contributed by atoms with Gasteiger partial charge < -0.3 is 14.6 Å². The zero-order valence-electron chi connectivity index (χ0n) is 47.3. The molecule has 5 heteroatoms. The van der Waals surface area contributed by atoms with Gasteiger partial charge in [0.15, 0.2) is 6.10 Å². The predicted octanol–water partition coefficient (Wildman–Crippen LogP) is 20.5. The molecule has 0 spiro atoms. The van der Waals surface area contributed by atoms with Gasteiger partial charge in [-0.05, 0) is 135 Å². The van der Waals surface area contributed by atoms with Crippen LogP contribution < -0.4 is 0 Å². The molecule has 0 bridgehead atoms. The Morgan fingerprint density at radius 1 is 0.324 bits per heavy atom. The van der Waals surface area contributed by atoms with Crippen LogP contribution in [0.25, 0.3) is 0 Å². The Labute approximate surface area is 455 Å². The van der Waals surface area contributed by atoms with Crippen LogP contribution >= 0.6 is 0 Å². The highest BCUT2D eigenvalue weighted by Gasteiger charge is 2.16. The number of unbranched alkanes of at least 4 members (excludes halogenated alkanes) is 16. The van der Waals surface area contributed by atoms with E-state index in [4.69, 9.17) is 9.47 Å². The van der Waals surface area contributed by atoms with E-state index in [0.717, 1.165) is 135 Å². The van der Waals surface area contributed by atoms with Crippen LogP contribution in [-0.4, -0.2) is 36.4 Å². The third-order valence-electron chi connectivity index (χ3n) is 12.0. The van der Waals surface area contributed by atoms with Crippen molar-refractivity contribution in [1.82, 2.24) is 0 Å². The average molecular weight is 1020 g/mol. The van der Waals surface area contributed by atoms with Crippen molar-refractivity contribution in [2.24, 2.45) is 0 Å². The molecule has 0 aromatic carbocycles. The molecule has 1 N–H and O–H groups in total. The van der Waals surface area contributed by atoms with Gasteiger partial charge in [0.05, 0.1) is 6.61 Å². The minimum Gasteiger partial charge on any atom is -0.462 e. The van der Waals surface area contributed by atoms with Crippen molar-refractivity contribution in [1.29, 1.82) is 0 Å². The van der Waals surface area contributed by atoms with Crippen LogP contribution in [0.1, 0.15) is 232 Å². The zero-order chi connectivity index (χ0) is 53.4. The van der Waals surface area contributed by atoms with Gasteiger partial charge in [-0.1, -0.05) is 255 Å². The second kappa shape index (κ2) is 62.6. The van der Waals surface area contributed by atoms with Crippen LogP contribution in [0.4, 0.5) is 0 Å². The predicted molar refractivity (Wildman–Crippen MR) is 324 cm³/mol. The number of allylic oxidation sites excluding steroid dienone is 28. The van der Waals surface area contributed by atoms with E-state index in [1.807, 2.05) is 0 Å². The highest BCUT2D eigenvalue weighted by Crippen LogP contribution is 2.13. The molecule has 5 nitrogen and oxygen atoms in total. The minimum atomic E-state index is -0.808. The molecular weight excluding hydrogens is 909 g/mol.